The van der Waals surface area contributed by atoms with E-state index in [9.17, 15) is 9.59 Å². The predicted molar refractivity (Wildman–Crippen MR) is 104 cm³/mol. The molecular formula is C18H19ClN4O4. The Hall–Kier alpha value is -3.26. The lowest BCUT2D eigenvalue weighted by molar-refractivity contribution is -0.120. The summed E-state index contributed by atoms with van der Waals surface area (Å²) in [5, 5.41) is 9.31. The Kier molecular flexibility index (Phi) is 7.45. The minimum atomic E-state index is -0.531. The second-order valence-electron chi connectivity index (χ2n) is 5.23. The third-order valence-electron chi connectivity index (χ3n) is 3.30. The maximum Gasteiger partial charge on any atom is 0.319 e. The van der Waals surface area contributed by atoms with Gasteiger partial charge in [-0.3, -0.25) is 4.79 Å². The minimum Gasteiger partial charge on any atom is -0.493 e. The molecule has 2 aromatic rings. The molecule has 3 amide bonds. The van der Waals surface area contributed by atoms with Crippen LogP contribution in [0.3, 0.4) is 0 Å². The maximum absolute atomic E-state index is 11.7. The molecule has 0 bridgehead atoms. The molecule has 2 rings (SSSR count). The van der Waals surface area contributed by atoms with Crippen LogP contribution in [0.25, 0.3) is 0 Å². The van der Waals surface area contributed by atoms with Crippen LogP contribution in [0.1, 0.15) is 5.56 Å². The van der Waals surface area contributed by atoms with Crippen molar-refractivity contribution in [1.82, 2.24) is 10.7 Å². The van der Waals surface area contributed by atoms with Crippen molar-refractivity contribution in [2.24, 2.45) is 5.10 Å². The number of hydrogen-bond donors (Lipinski definition) is 3. The molecule has 0 spiro atoms. The van der Waals surface area contributed by atoms with Crippen molar-refractivity contribution in [1.29, 1.82) is 0 Å². The number of nitrogens with zero attached hydrogens (tertiary/aromatic N) is 1. The molecule has 0 fully saturated rings. The lowest BCUT2D eigenvalue weighted by Crippen LogP contribution is -2.37. The van der Waals surface area contributed by atoms with Gasteiger partial charge in [0.15, 0.2) is 11.5 Å². The van der Waals surface area contributed by atoms with E-state index in [0.717, 1.165) is 0 Å². The van der Waals surface area contributed by atoms with Crippen LogP contribution in [-0.2, 0) is 4.79 Å². The van der Waals surface area contributed by atoms with Crippen LogP contribution in [0, 0.1) is 0 Å². The number of hydrazone groups is 1. The van der Waals surface area contributed by atoms with E-state index in [1.54, 1.807) is 49.6 Å². The first-order chi connectivity index (χ1) is 13.0. The summed E-state index contributed by atoms with van der Waals surface area (Å²) >= 11 is 5.83. The number of hydrogen-bond acceptors (Lipinski definition) is 5. The standard InChI is InChI=1S/C18H19ClN4O4/c1-26-15-7-6-12(8-16(15)27-2)10-21-23-17(24)11-20-18(25)22-14-5-3-4-13(19)9-14/h3-10H,11H2,1-2H3,(H,23,24)(H2,20,22,25). The fraction of sp³-hybridized carbons (Fsp3) is 0.167. The first kappa shape index (κ1) is 20.1. The minimum absolute atomic E-state index is 0.240. The highest BCUT2D eigenvalue weighted by Crippen LogP contribution is 2.26. The zero-order chi connectivity index (χ0) is 19.6. The largest absolute Gasteiger partial charge is 0.493 e. The molecule has 0 saturated carbocycles. The van der Waals surface area contributed by atoms with Crippen LogP contribution in [0.2, 0.25) is 5.02 Å². The van der Waals surface area contributed by atoms with Crippen molar-refractivity contribution in [3.05, 3.63) is 53.1 Å². The van der Waals surface area contributed by atoms with Crippen LogP contribution in [0.5, 0.6) is 11.5 Å². The zero-order valence-electron chi connectivity index (χ0n) is 14.8. The van der Waals surface area contributed by atoms with Gasteiger partial charge in [-0.15, -0.1) is 0 Å². The van der Waals surface area contributed by atoms with Crippen molar-refractivity contribution in [2.45, 2.75) is 0 Å². The number of anilines is 1. The Labute approximate surface area is 161 Å². The highest BCUT2D eigenvalue weighted by atomic mass is 35.5. The van der Waals surface area contributed by atoms with Gasteiger partial charge in [-0.25, -0.2) is 10.2 Å². The second kappa shape index (κ2) is 10.0. The summed E-state index contributed by atoms with van der Waals surface area (Å²) in [7, 11) is 3.07. The average Bonchev–Trinajstić information content (AvgIpc) is 2.66. The third-order valence-corrected chi connectivity index (χ3v) is 3.54. The van der Waals surface area contributed by atoms with Crippen molar-refractivity contribution < 1.29 is 19.1 Å². The number of benzene rings is 2. The van der Waals surface area contributed by atoms with Gasteiger partial charge in [0.25, 0.3) is 5.91 Å². The Bertz CT molecular complexity index is 842. The third kappa shape index (κ3) is 6.52. The van der Waals surface area contributed by atoms with Crippen LogP contribution < -0.4 is 25.5 Å². The number of urea groups is 1. The van der Waals surface area contributed by atoms with E-state index in [-0.39, 0.29) is 6.54 Å². The van der Waals surface area contributed by atoms with E-state index in [1.165, 1.54) is 13.3 Å². The molecule has 9 heteroatoms. The van der Waals surface area contributed by atoms with E-state index >= 15 is 0 Å². The number of halogens is 1. The highest BCUT2D eigenvalue weighted by molar-refractivity contribution is 6.30. The van der Waals surface area contributed by atoms with Gasteiger partial charge in [0, 0.05) is 10.7 Å². The van der Waals surface area contributed by atoms with Crippen molar-refractivity contribution in [2.75, 3.05) is 26.1 Å². The highest BCUT2D eigenvalue weighted by Gasteiger charge is 2.06. The average molecular weight is 391 g/mol. The molecule has 0 saturated heterocycles. The van der Waals surface area contributed by atoms with Crippen LogP contribution in [0.15, 0.2) is 47.6 Å². The van der Waals surface area contributed by atoms with Gasteiger partial charge in [0.1, 0.15) is 6.54 Å². The Morgan fingerprint density at radius 1 is 1.11 bits per heavy atom. The van der Waals surface area contributed by atoms with E-state index in [0.29, 0.717) is 27.8 Å². The van der Waals surface area contributed by atoms with Crippen molar-refractivity contribution in [3.8, 4) is 11.5 Å². The number of methoxy groups -OCH3 is 2. The Morgan fingerprint density at radius 3 is 2.59 bits per heavy atom. The van der Waals surface area contributed by atoms with Gasteiger partial charge in [0.2, 0.25) is 0 Å². The number of ether oxygens (including phenoxy) is 2. The first-order valence-electron chi connectivity index (χ1n) is 7.86. The fourth-order valence-electron chi connectivity index (χ4n) is 2.05. The summed E-state index contributed by atoms with van der Waals surface area (Å²) in [6, 6.07) is 11.3. The molecule has 27 heavy (non-hydrogen) atoms. The molecule has 3 N–H and O–H groups in total. The monoisotopic (exact) mass is 390 g/mol. The van der Waals surface area contributed by atoms with Gasteiger partial charge in [-0.05, 0) is 42.0 Å². The molecular weight excluding hydrogens is 372 g/mol. The Morgan fingerprint density at radius 2 is 1.89 bits per heavy atom. The molecule has 0 aliphatic rings. The second-order valence-corrected chi connectivity index (χ2v) is 5.66. The van der Waals surface area contributed by atoms with E-state index in [2.05, 4.69) is 21.2 Å². The topological polar surface area (TPSA) is 101 Å². The van der Waals surface area contributed by atoms with Gasteiger partial charge in [-0.1, -0.05) is 17.7 Å². The Balaban J connectivity index is 1.78. The summed E-state index contributed by atoms with van der Waals surface area (Å²) in [6.45, 7) is -0.240. The molecule has 0 heterocycles. The number of amides is 3. The normalized spacial score (nSPS) is 10.3. The predicted octanol–water partition coefficient (Wildman–Crippen LogP) is 2.63. The molecule has 8 nitrogen and oxygen atoms in total. The molecule has 0 radical (unpaired) electrons. The zero-order valence-corrected chi connectivity index (χ0v) is 15.5. The van der Waals surface area contributed by atoms with Crippen LogP contribution in [0.4, 0.5) is 10.5 Å². The smallest absolute Gasteiger partial charge is 0.319 e. The van der Waals surface area contributed by atoms with Crippen LogP contribution in [-0.4, -0.2) is 38.9 Å². The van der Waals surface area contributed by atoms with Gasteiger partial charge in [0.05, 0.1) is 20.4 Å². The van der Waals surface area contributed by atoms with Crippen molar-refractivity contribution >= 4 is 35.4 Å². The number of nitrogens with one attached hydrogen (secondary N) is 3. The maximum atomic E-state index is 11.7. The van der Waals surface area contributed by atoms with Crippen molar-refractivity contribution in [3.63, 3.8) is 0 Å². The van der Waals surface area contributed by atoms with E-state index in [1.807, 2.05) is 0 Å². The fourth-order valence-corrected chi connectivity index (χ4v) is 2.24. The summed E-state index contributed by atoms with van der Waals surface area (Å²) in [6.07, 6.45) is 1.45. The van der Waals surface area contributed by atoms with E-state index in [4.69, 9.17) is 21.1 Å². The summed E-state index contributed by atoms with van der Waals surface area (Å²) in [4.78, 5) is 23.5. The first-order valence-corrected chi connectivity index (χ1v) is 8.24. The summed E-state index contributed by atoms with van der Waals surface area (Å²) in [5.41, 5.74) is 3.55. The molecule has 0 aromatic heterocycles. The molecule has 0 atom stereocenters. The summed E-state index contributed by atoms with van der Waals surface area (Å²) in [5.74, 6) is 0.661. The van der Waals surface area contributed by atoms with Crippen LogP contribution >= 0.6 is 11.6 Å². The lowest BCUT2D eigenvalue weighted by atomic mass is 10.2. The van der Waals surface area contributed by atoms with E-state index < -0.39 is 11.9 Å². The molecule has 0 aliphatic heterocycles. The quantitative estimate of drug-likeness (QED) is 0.499. The SMILES string of the molecule is COc1ccc(C=NNC(=O)CNC(=O)Nc2cccc(Cl)c2)cc1OC. The van der Waals surface area contributed by atoms with Gasteiger partial charge >= 0.3 is 6.03 Å². The number of rotatable bonds is 7. The molecule has 0 aliphatic carbocycles. The number of carbonyl (C=O) groups excluding carboxylic acids is 2. The lowest BCUT2D eigenvalue weighted by Gasteiger charge is -2.08. The molecule has 2 aromatic carbocycles. The molecule has 0 unspecified atom stereocenters. The number of carbonyl (C=O) groups is 2. The van der Waals surface area contributed by atoms with Gasteiger partial charge in [-0.2, -0.15) is 5.10 Å². The van der Waals surface area contributed by atoms with Gasteiger partial charge < -0.3 is 20.1 Å². The summed E-state index contributed by atoms with van der Waals surface area (Å²) < 4.78 is 10.3. The molecule has 142 valence electrons.